The third-order valence-electron chi connectivity index (χ3n) is 11.4. The van der Waals surface area contributed by atoms with Crippen molar-refractivity contribution in [2.45, 2.75) is 70.0 Å². The molecule has 4 unspecified atom stereocenters. The van der Waals surface area contributed by atoms with E-state index in [1.165, 1.54) is 0 Å². The van der Waals surface area contributed by atoms with E-state index in [2.05, 4.69) is 20.0 Å². The van der Waals surface area contributed by atoms with E-state index in [0.717, 1.165) is 48.4 Å². The van der Waals surface area contributed by atoms with E-state index in [1.54, 1.807) is 48.5 Å². The summed E-state index contributed by atoms with van der Waals surface area (Å²) in [7, 11) is 0. The zero-order valence-electron chi connectivity index (χ0n) is 29.5. The number of rotatable bonds is 8. The first-order valence-electron chi connectivity index (χ1n) is 18.5. The minimum Gasteiger partial charge on any atom is -0.459 e. The molecule has 2 aromatic heterocycles. The number of nitrogens with zero attached hydrogens (tertiary/aromatic N) is 4. The third-order valence-corrected chi connectivity index (χ3v) is 13.5. The Labute approximate surface area is 323 Å². The van der Waals surface area contributed by atoms with Crippen LogP contribution in [0.5, 0.6) is 0 Å². The summed E-state index contributed by atoms with van der Waals surface area (Å²) in [6.45, 7) is -0.373. The van der Waals surface area contributed by atoms with Gasteiger partial charge in [0.2, 0.25) is 10.3 Å². The number of aromatic nitrogens is 2. The smallest absolute Gasteiger partial charge is 0.336 e. The number of ketones is 4. The molecule has 4 atom stereocenters. The molecule has 4 aromatic rings. The molecule has 278 valence electrons. The van der Waals surface area contributed by atoms with Gasteiger partial charge in [0.15, 0.2) is 34.6 Å². The number of thiazole rings is 2. The van der Waals surface area contributed by atoms with E-state index in [9.17, 15) is 28.8 Å². The first kappa shape index (κ1) is 35.4. The lowest BCUT2D eigenvalue weighted by Crippen LogP contribution is -2.46. The zero-order valence-corrected chi connectivity index (χ0v) is 31.2. The summed E-state index contributed by atoms with van der Waals surface area (Å²) in [5.41, 5.74) is -1.48. The van der Waals surface area contributed by atoms with Gasteiger partial charge in [-0.05, 0) is 36.8 Å². The topological polar surface area (TPSA) is 171 Å². The molecule has 0 amide bonds. The maximum atomic E-state index is 14.7. The van der Waals surface area contributed by atoms with Gasteiger partial charge in [-0.3, -0.25) is 19.2 Å². The molecule has 55 heavy (non-hydrogen) atoms. The summed E-state index contributed by atoms with van der Waals surface area (Å²) >= 11 is 2.00. The number of benzene rings is 2. The zero-order chi connectivity index (χ0) is 37.8. The number of esters is 2. The third kappa shape index (κ3) is 5.84. The highest BCUT2D eigenvalue weighted by molar-refractivity contribution is 7.25. The number of carbonyl (C=O) groups is 6. The molecule has 4 fully saturated rings. The number of fused-ring (bicyclic) bond motifs is 5. The fourth-order valence-electron chi connectivity index (χ4n) is 8.65. The van der Waals surface area contributed by atoms with Gasteiger partial charge in [0.05, 0.1) is 21.1 Å². The first-order chi connectivity index (χ1) is 26.8. The number of aliphatic imine (C=N–C) groups is 2. The fraction of sp³-hybridized carbons (Fsp3) is 0.366. The van der Waals surface area contributed by atoms with E-state index >= 15 is 0 Å². The Hall–Kier alpha value is -5.34. The minimum atomic E-state index is -2.37. The molecule has 2 aromatic carbocycles. The van der Waals surface area contributed by atoms with Gasteiger partial charge in [-0.1, -0.05) is 109 Å². The molecule has 12 nitrogen and oxygen atoms in total. The molecule has 2 heterocycles. The van der Waals surface area contributed by atoms with Crippen LogP contribution in [0.3, 0.4) is 0 Å². The highest BCUT2D eigenvalue weighted by Gasteiger charge is 2.63. The molecule has 0 bridgehead atoms. The van der Waals surface area contributed by atoms with Crippen LogP contribution in [0.4, 0.5) is 10.3 Å². The van der Waals surface area contributed by atoms with Crippen LogP contribution in [0, 0.1) is 23.7 Å². The van der Waals surface area contributed by atoms with Crippen molar-refractivity contribution in [2.24, 2.45) is 33.7 Å². The van der Waals surface area contributed by atoms with Crippen LogP contribution in [0.2, 0.25) is 0 Å². The van der Waals surface area contributed by atoms with Crippen LogP contribution in [0.1, 0.15) is 73.9 Å². The van der Waals surface area contributed by atoms with Crippen LogP contribution in [0.25, 0.3) is 9.75 Å². The Morgan fingerprint density at radius 1 is 0.582 bits per heavy atom. The maximum absolute atomic E-state index is 14.7. The molecule has 9 rings (SSSR count). The van der Waals surface area contributed by atoms with E-state index in [-0.39, 0.29) is 69.4 Å². The van der Waals surface area contributed by atoms with Gasteiger partial charge in [0, 0.05) is 23.7 Å². The number of carbonyl (C=O) groups excluding carboxylic acids is 6. The van der Waals surface area contributed by atoms with Gasteiger partial charge in [-0.2, -0.15) is 0 Å². The maximum Gasteiger partial charge on any atom is 0.336 e. The van der Waals surface area contributed by atoms with E-state index in [4.69, 9.17) is 9.47 Å². The summed E-state index contributed by atoms with van der Waals surface area (Å²) in [6, 6.07) is 17.9. The van der Waals surface area contributed by atoms with Crippen molar-refractivity contribution in [3.63, 3.8) is 0 Å². The van der Waals surface area contributed by atoms with Crippen molar-refractivity contribution in [1.29, 1.82) is 0 Å². The highest BCUT2D eigenvalue weighted by Crippen LogP contribution is 2.57. The largest absolute Gasteiger partial charge is 0.459 e. The summed E-state index contributed by atoms with van der Waals surface area (Å²) in [4.78, 5) is 102. The SMILES string of the molecule is O=C1C(=Nc2nc3c(s2)-c2sc(N=C4C(=O)C5CCCCC5C4=O)nc2C3(C(=O)OCc2ccccc2)C(=O)OCc2ccccc2)C(=O)C2CCCCC12. The van der Waals surface area contributed by atoms with Crippen molar-refractivity contribution >= 4 is 79.4 Å². The van der Waals surface area contributed by atoms with Gasteiger partial charge in [0.25, 0.3) is 5.41 Å². The number of hydrogen-bond donors (Lipinski definition) is 0. The Kier molecular flexibility index (Phi) is 9.04. The second-order valence-electron chi connectivity index (χ2n) is 14.6. The second kappa shape index (κ2) is 14.1. The summed E-state index contributed by atoms with van der Waals surface area (Å²) in [6.07, 6.45) is 5.91. The Morgan fingerprint density at radius 3 is 1.27 bits per heavy atom. The number of ether oxygens (including phenoxy) is 2. The number of Topliss-reactive ketones (excluding diaryl/α,β-unsaturated/α-hetero) is 4. The lowest BCUT2D eigenvalue weighted by atomic mass is 9.81. The van der Waals surface area contributed by atoms with Crippen molar-refractivity contribution in [1.82, 2.24) is 9.97 Å². The molecular formula is C41H34N4O8S2. The van der Waals surface area contributed by atoms with Crippen LogP contribution in [0.15, 0.2) is 70.6 Å². The fourth-order valence-corrected chi connectivity index (χ4v) is 10.8. The van der Waals surface area contributed by atoms with Gasteiger partial charge < -0.3 is 9.47 Å². The van der Waals surface area contributed by atoms with Crippen LogP contribution >= 0.6 is 22.7 Å². The first-order valence-corrected chi connectivity index (χ1v) is 20.2. The monoisotopic (exact) mass is 774 g/mol. The normalized spacial score (nSPS) is 23.6. The highest BCUT2D eigenvalue weighted by atomic mass is 32.1. The average molecular weight is 775 g/mol. The molecule has 0 saturated heterocycles. The molecule has 0 spiro atoms. The molecule has 14 heteroatoms. The van der Waals surface area contributed by atoms with E-state index in [1.807, 2.05) is 12.1 Å². The molecular weight excluding hydrogens is 741 g/mol. The predicted molar refractivity (Wildman–Crippen MR) is 202 cm³/mol. The lowest BCUT2D eigenvalue weighted by Gasteiger charge is -2.24. The van der Waals surface area contributed by atoms with Gasteiger partial charge in [0.1, 0.15) is 13.2 Å². The second-order valence-corrected chi connectivity index (χ2v) is 16.5. The van der Waals surface area contributed by atoms with Crippen LogP contribution in [-0.2, 0) is 56.9 Å². The minimum absolute atomic E-state index is 0.00794. The molecule has 0 radical (unpaired) electrons. The van der Waals surface area contributed by atoms with Gasteiger partial charge >= 0.3 is 11.9 Å². The summed E-state index contributed by atoms with van der Waals surface area (Å²) in [5, 5.41) is 0.0159. The van der Waals surface area contributed by atoms with Crippen molar-refractivity contribution in [2.75, 3.05) is 0 Å². The standard InChI is InChI=1S/C41H34N4O8S2/c46-29-23-15-7-8-16-24(23)30(47)27(29)42-39-44-35-33(54-39)34-36(45-40(55-34)43-28-31(48)25-17-9-10-18-26(25)32(28)49)41(35,37(50)52-19-21-11-3-1-4-12-21)38(51)53-20-22-13-5-2-6-14-22/h1-6,11-14,23-26H,7-10,15-20H2. The molecule has 4 saturated carbocycles. The summed E-state index contributed by atoms with van der Waals surface area (Å²) < 4.78 is 11.8. The van der Waals surface area contributed by atoms with Crippen molar-refractivity contribution in [3.8, 4) is 9.75 Å². The molecule has 5 aliphatic rings. The van der Waals surface area contributed by atoms with Crippen LogP contribution < -0.4 is 0 Å². The Bertz CT molecular complexity index is 2130. The van der Waals surface area contributed by atoms with Gasteiger partial charge in [-0.25, -0.2) is 29.5 Å². The predicted octanol–water partition coefficient (Wildman–Crippen LogP) is 6.41. The Balaban J connectivity index is 1.18. The average Bonchev–Trinajstić information content (AvgIpc) is 3.99. The summed E-state index contributed by atoms with van der Waals surface area (Å²) in [5.74, 6) is -4.93. The number of hydrogen-bond acceptors (Lipinski definition) is 14. The van der Waals surface area contributed by atoms with Crippen LogP contribution in [-0.4, -0.2) is 56.5 Å². The lowest BCUT2D eigenvalue weighted by molar-refractivity contribution is -0.164. The molecule has 0 N–H and O–H groups in total. The van der Waals surface area contributed by atoms with Gasteiger partial charge in [-0.15, -0.1) is 0 Å². The van der Waals surface area contributed by atoms with Crippen molar-refractivity contribution < 1.29 is 38.2 Å². The quantitative estimate of drug-likeness (QED) is 0.144. The van der Waals surface area contributed by atoms with E-state index in [0.29, 0.717) is 46.6 Å². The Morgan fingerprint density at radius 2 is 0.927 bits per heavy atom. The van der Waals surface area contributed by atoms with Crippen molar-refractivity contribution in [3.05, 3.63) is 83.2 Å². The molecule has 0 aliphatic heterocycles. The molecule has 5 aliphatic carbocycles. The van der Waals surface area contributed by atoms with E-state index < -0.39 is 41.0 Å².